The molecule has 6 heteroatoms. The zero-order valence-electron chi connectivity index (χ0n) is 13.4. The van der Waals surface area contributed by atoms with Crippen LogP contribution in [0.4, 0.5) is 10.2 Å². The summed E-state index contributed by atoms with van der Waals surface area (Å²) in [6, 6.07) is 15.5. The van der Waals surface area contributed by atoms with E-state index in [2.05, 4.69) is 15.3 Å². The summed E-state index contributed by atoms with van der Waals surface area (Å²) in [5.41, 5.74) is 7.02. The monoisotopic (exact) mass is 336 g/mol. The Morgan fingerprint density at radius 3 is 2.44 bits per heavy atom. The van der Waals surface area contributed by atoms with Crippen molar-refractivity contribution in [1.29, 1.82) is 0 Å². The number of halogens is 1. The number of nitrogens with two attached hydrogens (primary N) is 1. The number of carbonyl (C=O) groups is 1. The molecule has 5 nitrogen and oxygen atoms in total. The van der Waals surface area contributed by atoms with Crippen molar-refractivity contribution in [2.24, 2.45) is 0 Å². The number of hydrogen-bond acceptors (Lipinski definition) is 4. The highest BCUT2D eigenvalue weighted by atomic mass is 19.1. The molecule has 0 aliphatic carbocycles. The first-order valence-electron chi connectivity index (χ1n) is 7.80. The Labute approximate surface area is 144 Å². The molecule has 0 aliphatic heterocycles. The second-order valence-electron chi connectivity index (χ2n) is 5.56. The highest BCUT2D eigenvalue weighted by Crippen LogP contribution is 2.21. The maximum atomic E-state index is 14.3. The normalized spacial score (nSPS) is 11.7. The smallest absolute Gasteiger partial charge is 0.271 e. The highest BCUT2D eigenvalue weighted by molar-refractivity contribution is 5.92. The van der Waals surface area contributed by atoms with Crippen LogP contribution < -0.4 is 11.1 Å². The molecular weight excluding hydrogens is 319 g/mol. The number of hydrogen-bond donors (Lipinski definition) is 2. The number of amides is 1. The maximum Gasteiger partial charge on any atom is 0.271 e. The third-order valence-corrected chi connectivity index (χ3v) is 3.77. The molecule has 1 unspecified atom stereocenters. The van der Waals surface area contributed by atoms with Crippen LogP contribution in [0.15, 0.2) is 67.0 Å². The van der Waals surface area contributed by atoms with Crippen molar-refractivity contribution in [3.63, 3.8) is 0 Å². The van der Waals surface area contributed by atoms with Crippen LogP contribution in [0.3, 0.4) is 0 Å². The molecule has 3 aromatic rings. The van der Waals surface area contributed by atoms with E-state index in [0.29, 0.717) is 12.0 Å². The molecule has 0 bridgehead atoms. The average molecular weight is 336 g/mol. The van der Waals surface area contributed by atoms with Crippen LogP contribution in [0, 0.1) is 5.82 Å². The fourth-order valence-electron chi connectivity index (χ4n) is 2.53. The number of carbonyl (C=O) groups excluding carboxylic acids is 1. The van der Waals surface area contributed by atoms with E-state index < -0.39 is 11.9 Å². The number of nitrogens with one attached hydrogen (secondary N) is 1. The Morgan fingerprint density at radius 1 is 1.04 bits per heavy atom. The molecule has 1 amide bonds. The molecule has 2 aromatic carbocycles. The number of aromatic nitrogens is 2. The van der Waals surface area contributed by atoms with Gasteiger partial charge in [0.25, 0.3) is 5.91 Å². The molecule has 0 saturated carbocycles. The van der Waals surface area contributed by atoms with E-state index >= 15 is 0 Å². The first-order chi connectivity index (χ1) is 12.1. The Balaban J connectivity index is 1.87. The van der Waals surface area contributed by atoms with Gasteiger partial charge in [-0.25, -0.2) is 14.4 Å². The van der Waals surface area contributed by atoms with Crippen LogP contribution in [0.1, 0.15) is 27.7 Å². The fraction of sp³-hybridized carbons (Fsp3) is 0.105. The summed E-state index contributed by atoms with van der Waals surface area (Å²) in [5, 5.41) is 2.84. The van der Waals surface area contributed by atoms with Crippen molar-refractivity contribution in [2.75, 3.05) is 5.73 Å². The van der Waals surface area contributed by atoms with Gasteiger partial charge >= 0.3 is 0 Å². The van der Waals surface area contributed by atoms with Crippen molar-refractivity contribution >= 4 is 11.7 Å². The van der Waals surface area contributed by atoms with Gasteiger partial charge in [-0.15, -0.1) is 0 Å². The standard InChI is InChI=1S/C19H17FN4O/c20-15-9-5-4-8-14(15)16(10-13-6-2-1-3-7-13)24-19(25)17-11-23-18(21)12-22-17/h1-9,11-12,16H,10H2,(H2,21,23)(H,24,25). The zero-order valence-corrected chi connectivity index (χ0v) is 13.4. The van der Waals surface area contributed by atoms with Crippen LogP contribution in [0.5, 0.6) is 0 Å². The lowest BCUT2D eigenvalue weighted by molar-refractivity contribution is 0.0930. The van der Waals surface area contributed by atoms with Crippen LogP contribution in [-0.4, -0.2) is 15.9 Å². The molecule has 0 saturated heterocycles. The van der Waals surface area contributed by atoms with Gasteiger partial charge in [0.2, 0.25) is 0 Å². The summed E-state index contributed by atoms with van der Waals surface area (Å²) in [4.78, 5) is 20.3. The third-order valence-electron chi connectivity index (χ3n) is 3.77. The largest absolute Gasteiger partial charge is 0.382 e. The molecule has 0 fully saturated rings. The van der Waals surface area contributed by atoms with Gasteiger partial charge < -0.3 is 11.1 Å². The van der Waals surface area contributed by atoms with E-state index in [9.17, 15) is 9.18 Å². The van der Waals surface area contributed by atoms with Gasteiger partial charge in [-0.1, -0.05) is 48.5 Å². The van der Waals surface area contributed by atoms with Crippen LogP contribution in [-0.2, 0) is 6.42 Å². The van der Waals surface area contributed by atoms with Gasteiger partial charge in [-0.2, -0.15) is 0 Å². The zero-order chi connectivity index (χ0) is 17.6. The lowest BCUT2D eigenvalue weighted by atomic mass is 9.98. The second-order valence-corrected chi connectivity index (χ2v) is 5.56. The Kier molecular flexibility index (Phi) is 4.99. The Bertz CT molecular complexity index is 853. The van der Waals surface area contributed by atoms with Crippen LogP contribution in [0.2, 0.25) is 0 Å². The van der Waals surface area contributed by atoms with Crippen LogP contribution in [0.25, 0.3) is 0 Å². The van der Waals surface area contributed by atoms with Gasteiger partial charge in [0, 0.05) is 5.56 Å². The summed E-state index contributed by atoms with van der Waals surface area (Å²) in [6.07, 6.45) is 3.06. The number of rotatable bonds is 5. The molecule has 0 radical (unpaired) electrons. The minimum absolute atomic E-state index is 0.128. The van der Waals surface area contributed by atoms with Gasteiger partial charge in [0.05, 0.1) is 18.4 Å². The van der Waals surface area contributed by atoms with Gasteiger partial charge in [0.1, 0.15) is 17.3 Å². The van der Waals surface area contributed by atoms with Gasteiger partial charge in [0.15, 0.2) is 0 Å². The summed E-state index contributed by atoms with van der Waals surface area (Å²) < 4.78 is 14.3. The number of nitrogens with zero attached hydrogens (tertiary/aromatic N) is 2. The average Bonchev–Trinajstić information content (AvgIpc) is 2.63. The minimum Gasteiger partial charge on any atom is -0.382 e. The predicted molar refractivity (Wildman–Crippen MR) is 93.2 cm³/mol. The Morgan fingerprint density at radius 2 is 1.76 bits per heavy atom. The first kappa shape index (κ1) is 16.6. The summed E-state index contributed by atoms with van der Waals surface area (Å²) >= 11 is 0. The second kappa shape index (κ2) is 7.53. The van der Waals surface area contributed by atoms with Crippen molar-refractivity contribution in [3.05, 3.63) is 89.6 Å². The number of nitrogen functional groups attached to an aromatic ring is 1. The topological polar surface area (TPSA) is 80.9 Å². The fourth-order valence-corrected chi connectivity index (χ4v) is 2.53. The third kappa shape index (κ3) is 4.17. The van der Waals surface area contributed by atoms with Crippen molar-refractivity contribution in [1.82, 2.24) is 15.3 Å². The predicted octanol–water partition coefficient (Wildman–Crippen LogP) is 2.91. The molecule has 1 atom stereocenters. The minimum atomic E-state index is -0.532. The highest BCUT2D eigenvalue weighted by Gasteiger charge is 2.20. The van der Waals surface area contributed by atoms with E-state index in [1.807, 2.05) is 30.3 Å². The van der Waals surface area contributed by atoms with Gasteiger partial charge in [-0.05, 0) is 18.1 Å². The molecule has 1 heterocycles. The van der Waals surface area contributed by atoms with Crippen molar-refractivity contribution in [3.8, 4) is 0 Å². The van der Waals surface area contributed by atoms with Crippen molar-refractivity contribution in [2.45, 2.75) is 12.5 Å². The van der Waals surface area contributed by atoms with E-state index in [4.69, 9.17) is 5.73 Å². The first-order valence-corrected chi connectivity index (χ1v) is 7.80. The number of anilines is 1. The van der Waals surface area contributed by atoms with Crippen LogP contribution >= 0.6 is 0 Å². The summed E-state index contributed by atoms with van der Waals surface area (Å²) in [7, 11) is 0. The molecule has 25 heavy (non-hydrogen) atoms. The SMILES string of the molecule is Nc1cnc(C(=O)NC(Cc2ccccc2)c2ccccc2F)cn1. The molecule has 3 rings (SSSR count). The van der Waals surface area contributed by atoms with Crippen molar-refractivity contribution < 1.29 is 9.18 Å². The summed E-state index contributed by atoms with van der Waals surface area (Å²) in [6.45, 7) is 0. The van der Waals surface area contributed by atoms with E-state index in [1.54, 1.807) is 18.2 Å². The summed E-state index contributed by atoms with van der Waals surface area (Å²) in [5.74, 6) is -0.574. The lowest BCUT2D eigenvalue weighted by Crippen LogP contribution is -2.31. The molecule has 126 valence electrons. The molecule has 1 aromatic heterocycles. The number of benzene rings is 2. The van der Waals surface area contributed by atoms with E-state index in [0.717, 1.165) is 5.56 Å². The lowest BCUT2D eigenvalue weighted by Gasteiger charge is -2.20. The van der Waals surface area contributed by atoms with E-state index in [1.165, 1.54) is 18.5 Å². The maximum absolute atomic E-state index is 14.3. The molecule has 0 aliphatic rings. The quantitative estimate of drug-likeness (QED) is 0.751. The molecular formula is C19H17FN4O. The molecule has 3 N–H and O–H groups in total. The van der Waals surface area contributed by atoms with E-state index in [-0.39, 0.29) is 17.3 Å². The molecule has 0 spiro atoms. The Hall–Kier alpha value is -3.28. The van der Waals surface area contributed by atoms with Gasteiger partial charge in [-0.3, -0.25) is 4.79 Å².